The number of rotatable bonds is 5. The molecule has 2 aromatic carbocycles. The van der Waals surface area contributed by atoms with Crippen LogP contribution < -0.4 is 4.90 Å². The molecular weight excluding hydrogens is 563 g/mol. The van der Waals surface area contributed by atoms with Gasteiger partial charge in [-0.2, -0.15) is 39.5 Å². The Labute approximate surface area is 222 Å². The quantitative estimate of drug-likeness (QED) is 0.342. The Morgan fingerprint density at radius 1 is 0.875 bits per heavy atom. The lowest BCUT2D eigenvalue weighted by Gasteiger charge is -2.29. The summed E-state index contributed by atoms with van der Waals surface area (Å²) in [5.74, 6) is -0.909. The Balaban J connectivity index is 2.05. The minimum absolute atomic E-state index is 0.0588. The number of carbonyl (C=O) groups is 2. The van der Waals surface area contributed by atoms with Crippen LogP contribution in [0.1, 0.15) is 47.6 Å². The van der Waals surface area contributed by atoms with Gasteiger partial charge in [0.25, 0.3) is 0 Å². The smallest absolute Gasteiger partial charge is 0.416 e. The average Bonchev–Trinajstić information content (AvgIpc) is 3.11. The highest BCUT2D eigenvalue weighted by Crippen LogP contribution is 2.45. The molecule has 1 aliphatic rings. The average molecular weight is 586 g/mol. The van der Waals surface area contributed by atoms with E-state index in [-0.39, 0.29) is 23.9 Å². The van der Waals surface area contributed by atoms with Gasteiger partial charge in [-0.1, -0.05) is 6.07 Å². The van der Waals surface area contributed by atoms with Gasteiger partial charge < -0.3 is 14.4 Å². The van der Waals surface area contributed by atoms with Gasteiger partial charge in [0.15, 0.2) is 0 Å². The highest BCUT2D eigenvalue weighted by molar-refractivity contribution is 5.92. The fourth-order valence-corrected chi connectivity index (χ4v) is 4.51. The third-order valence-corrected chi connectivity index (χ3v) is 6.34. The summed E-state index contributed by atoms with van der Waals surface area (Å²) in [4.78, 5) is 27.0. The summed E-state index contributed by atoms with van der Waals surface area (Å²) < 4.78 is 130. The molecule has 2 aromatic rings. The largest absolute Gasteiger partial charge is 0.453 e. The van der Waals surface area contributed by atoms with Crippen molar-refractivity contribution in [3.05, 3.63) is 64.2 Å². The zero-order valence-corrected chi connectivity index (χ0v) is 21.2. The number of fused-ring (bicyclic) bond motifs is 1. The van der Waals surface area contributed by atoms with Crippen LogP contribution in [0.3, 0.4) is 0 Å². The second kappa shape index (κ2) is 11.1. The first kappa shape index (κ1) is 30.9. The fourth-order valence-electron chi connectivity index (χ4n) is 4.51. The van der Waals surface area contributed by atoms with Crippen LogP contribution >= 0.6 is 0 Å². The van der Waals surface area contributed by atoms with Gasteiger partial charge in [-0.25, -0.2) is 9.59 Å². The second-order valence-corrected chi connectivity index (χ2v) is 8.95. The zero-order valence-electron chi connectivity index (χ0n) is 21.2. The molecule has 6 nitrogen and oxygen atoms in total. The number of methoxy groups -OCH3 is 1. The molecular formula is C25H23F9N2O4. The van der Waals surface area contributed by atoms with Gasteiger partial charge in [0.05, 0.1) is 36.1 Å². The van der Waals surface area contributed by atoms with Crippen molar-refractivity contribution in [3.63, 3.8) is 0 Å². The SMILES string of the molecule is CCOC(=O)N1c2cc(C(F)(F)F)ccc2[C@H](CN(Cc2cc(C(F)(F)F)cc(C(F)(F)F)c2)C(=O)OC)[C@H]1C. The van der Waals surface area contributed by atoms with Crippen LogP contribution in [-0.4, -0.2) is 43.4 Å². The Kier molecular flexibility index (Phi) is 8.56. The molecule has 0 unspecified atom stereocenters. The summed E-state index contributed by atoms with van der Waals surface area (Å²) in [7, 11) is 0.940. The second-order valence-electron chi connectivity index (χ2n) is 8.95. The maximum Gasteiger partial charge on any atom is 0.416 e. The van der Waals surface area contributed by atoms with Crippen molar-refractivity contribution < 1.29 is 58.6 Å². The molecule has 0 N–H and O–H groups in total. The van der Waals surface area contributed by atoms with Crippen molar-refractivity contribution >= 4 is 17.9 Å². The molecule has 1 heterocycles. The summed E-state index contributed by atoms with van der Waals surface area (Å²) in [5.41, 5.74) is -4.74. The normalized spacial score (nSPS) is 17.4. The van der Waals surface area contributed by atoms with Gasteiger partial charge >= 0.3 is 30.7 Å². The lowest BCUT2D eigenvalue weighted by atomic mass is 9.94. The van der Waals surface area contributed by atoms with E-state index < -0.39 is 78.0 Å². The molecule has 0 aliphatic carbocycles. The lowest BCUT2D eigenvalue weighted by Crippen LogP contribution is -2.42. The first-order chi connectivity index (χ1) is 18.4. The molecule has 0 saturated heterocycles. The van der Waals surface area contributed by atoms with Gasteiger partial charge in [0, 0.05) is 25.0 Å². The van der Waals surface area contributed by atoms with Crippen LogP contribution in [0, 0.1) is 0 Å². The molecule has 1 aliphatic heterocycles. The van der Waals surface area contributed by atoms with Crippen LogP contribution in [0.25, 0.3) is 0 Å². The van der Waals surface area contributed by atoms with Crippen LogP contribution in [0.5, 0.6) is 0 Å². The van der Waals surface area contributed by atoms with Gasteiger partial charge in [-0.15, -0.1) is 0 Å². The zero-order chi connectivity index (χ0) is 30.2. The minimum atomic E-state index is -5.12. The Hall–Kier alpha value is -3.65. The number of ether oxygens (including phenoxy) is 2. The maximum atomic E-state index is 13.4. The molecule has 40 heavy (non-hydrogen) atoms. The van der Waals surface area contributed by atoms with Crippen LogP contribution in [0.15, 0.2) is 36.4 Å². The van der Waals surface area contributed by atoms with E-state index in [1.807, 2.05) is 0 Å². The van der Waals surface area contributed by atoms with E-state index in [1.165, 1.54) is 13.8 Å². The maximum absolute atomic E-state index is 13.4. The molecule has 0 saturated carbocycles. The topological polar surface area (TPSA) is 59.1 Å². The summed E-state index contributed by atoms with van der Waals surface area (Å²) >= 11 is 0. The van der Waals surface area contributed by atoms with Gasteiger partial charge in [0.1, 0.15) is 0 Å². The van der Waals surface area contributed by atoms with Crippen molar-refractivity contribution in [1.29, 1.82) is 0 Å². The van der Waals surface area contributed by atoms with Crippen LogP contribution in [0.4, 0.5) is 54.8 Å². The van der Waals surface area contributed by atoms with E-state index in [4.69, 9.17) is 4.74 Å². The highest BCUT2D eigenvalue weighted by Gasteiger charge is 2.44. The number of benzene rings is 2. The number of amides is 2. The van der Waals surface area contributed by atoms with E-state index >= 15 is 0 Å². The summed E-state index contributed by atoms with van der Waals surface area (Å²) in [6.07, 6.45) is -17.1. The molecule has 0 bridgehead atoms. The molecule has 2 amide bonds. The molecule has 3 rings (SSSR count). The molecule has 0 aromatic heterocycles. The first-order valence-corrected chi connectivity index (χ1v) is 11.7. The molecule has 0 radical (unpaired) electrons. The van der Waals surface area contributed by atoms with E-state index in [2.05, 4.69) is 4.74 Å². The fraction of sp³-hybridized carbons (Fsp3) is 0.440. The first-order valence-electron chi connectivity index (χ1n) is 11.7. The standard InChI is InChI=1S/C25H23F9N2O4/c1-4-40-22(38)36-13(2)19(18-6-5-15(10-20(18)36)23(26,27)28)12-35(21(37)39-3)11-14-7-16(24(29,30)31)9-17(8-14)25(32,33)34/h5-10,13,19H,4,11-12H2,1-3H3/t13-,19-/m1/s1. The Bertz CT molecular complexity index is 1230. The number of hydrogen-bond donors (Lipinski definition) is 0. The predicted molar refractivity (Wildman–Crippen MR) is 122 cm³/mol. The summed E-state index contributed by atoms with van der Waals surface area (Å²) in [6, 6.07) is 2.52. The lowest BCUT2D eigenvalue weighted by molar-refractivity contribution is -0.143. The Morgan fingerprint density at radius 2 is 1.43 bits per heavy atom. The number of alkyl halides is 9. The van der Waals surface area contributed by atoms with Crippen LogP contribution in [0.2, 0.25) is 0 Å². The summed E-state index contributed by atoms with van der Waals surface area (Å²) in [6.45, 7) is 1.63. The summed E-state index contributed by atoms with van der Waals surface area (Å²) in [5, 5.41) is 0. The van der Waals surface area contributed by atoms with E-state index in [0.29, 0.717) is 12.1 Å². The highest BCUT2D eigenvalue weighted by atomic mass is 19.4. The van der Waals surface area contributed by atoms with Crippen LogP contribution in [-0.2, 0) is 34.5 Å². The molecule has 15 heteroatoms. The predicted octanol–water partition coefficient (Wildman–Crippen LogP) is 7.46. The number of anilines is 1. The third-order valence-electron chi connectivity index (χ3n) is 6.34. The van der Waals surface area contributed by atoms with E-state index in [1.54, 1.807) is 0 Å². The minimum Gasteiger partial charge on any atom is -0.453 e. The molecule has 2 atom stereocenters. The number of carbonyl (C=O) groups excluding carboxylic acids is 2. The molecule has 0 fully saturated rings. The van der Waals surface area contributed by atoms with Gasteiger partial charge in [-0.05, 0) is 55.3 Å². The van der Waals surface area contributed by atoms with Crippen molar-refractivity contribution in [3.8, 4) is 0 Å². The van der Waals surface area contributed by atoms with Crippen molar-refractivity contribution in [2.24, 2.45) is 0 Å². The van der Waals surface area contributed by atoms with E-state index in [0.717, 1.165) is 35.1 Å². The number of nitrogens with zero attached hydrogens (tertiary/aromatic N) is 2. The Morgan fingerprint density at radius 3 is 1.90 bits per heavy atom. The number of halogens is 9. The monoisotopic (exact) mass is 586 g/mol. The molecule has 0 spiro atoms. The van der Waals surface area contributed by atoms with Crippen molar-refractivity contribution in [2.75, 3.05) is 25.2 Å². The number of hydrogen-bond acceptors (Lipinski definition) is 4. The molecule has 220 valence electrons. The van der Waals surface area contributed by atoms with Crippen molar-refractivity contribution in [2.45, 2.75) is 50.9 Å². The van der Waals surface area contributed by atoms with Gasteiger partial charge in [-0.3, -0.25) is 4.90 Å². The van der Waals surface area contributed by atoms with Gasteiger partial charge in [0.2, 0.25) is 0 Å². The van der Waals surface area contributed by atoms with E-state index in [9.17, 15) is 49.1 Å². The van der Waals surface area contributed by atoms with Crippen molar-refractivity contribution in [1.82, 2.24) is 4.90 Å². The third kappa shape index (κ3) is 6.55.